The van der Waals surface area contributed by atoms with Crippen LogP contribution in [0.2, 0.25) is 5.02 Å². The average Bonchev–Trinajstić information content (AvgIpc) is 2.65. The van der Waals surface area contributed by atoms with Crippen LogP contribution in [0, 0.1) is 5.92 Å². The zero-order chi connectivity index (χ0) is 20.5. The van der Waals surface area contributed by atoms with E-state index in [1.165, 1.54) is 24.0 Å². The molecule has 0 spiro atoms. The minimum atomic E-state index is 0.209. The van der Waals surface area contributed by atoms with Gasteiger partial charge in [-0.3, -0.25) is 0 Å². The molecule has 0 radical (unpaired) electrons. The lowest BCUT2D eigenvalue weighted by molar-refractivity contribution is 0.242. The first-order valence-electron chi connectivity index (χ1n) is 10.6. The van der Waals surface area contributed by atoms with Gasteiger partial charge >= 0.3 is 0 Å². The largest absolute Gasteiger partial charge is 0.491 e. The summed E-state index contributed by atoms with van der Waals surface area (Å²) in [4.78, 5) is 0. The molecule has 0 aliphatic carbocycles. The topological polar surface area (TPSA) is 21.3 Å². The first kappa shape index (κ1) is 22.8. The second kappa shape index (κ2) is 11.5. The summed E-state index contributed by atoms with van der Waals surface area (Å²) in [5.41, 5.74) is 2.69. The molecule has 2 atom stereocenters. The molecule has 2 aromatic rings. The van der Waals surface area contributed by atoms with E-state index < -0.39 is 0 Å². The molecule has 0 saturated heterocycles. The number of benzene rings is 2. The highest BCUT2D eigenvalue weighted by Crippen LogP contribution is 2.28. The molecule has 0 amide bonds. The Morgan fingerprint density at radius 1 is 0.786 bits per heavy atom. The lowest BCUT2D eigenvalue weighted by Gasteiger charge is -2.21. The van der Waals surface area contributed by atoms with Crippen molar-refractivity contribution >= 4 is 11.6 Å². The zero-order valence-electron chi connectivity index (χ0n) is 18.0. The van der Waals surface area contributed by atoms with Crippen LogP contribution in [0.25, 0.3) is 0 Å². The number of halogens is 1. The van der Waals surface area contributed by atoms with Crippen LogP contribution in [0.1, 0.15) is 77.0 Å². The number of nitrogens with one attached hydrogen (secondary N) is 1. The third-order valence-electron chi connectivity index (χ3n) is 5.13. The predicted octanol–water partition coefficient (Wildman–Crippen LogP) is 7.39. The third-order valence-corrected chi connectivity index (χ3v) is 5.38. The highest BCUT2D eigenvalue weighted by Gasteiger charge is 2.14. The summed E-state index contributed by atoms with van der Waals surface area (Å²) in [6.07, 6.45) is 3.82. The molecule has 0 fully saturated rings. The van der Waals surface area contributed by atoms with Crippen LogP contribution in [0.3, 0.4) is 0 Å². The molecule has 0 unspecified atom stereocenters. The molecule has 1 N–H and O–H groups in total. The number of hydrogen-bond acceptors (Lipinski definition) is 2. The Morgan fingerprint density at radius 2 is 1.39 bits per heavy atom. The molecule has 28 heavy (non-hydrogen) atoms. The Morgan fingerprint density at radius 3 is 1.96 bits per heavy atom. The molecule has 2 aromatic carbocycles. The quantitative estimate of drug-likeness (QED) is 0.423. The summed E-state index contributed by atoms with van der Waals surface area (Å²) in [7, 11) is 0. The van der Waals surface area contributed by atoms with Gasteiger partial charge in [-0.2, -0.15) is 0 Å². The lowest BCUT2D eigenvalue weighted by Crippen LogP contribution is -2.21. The number of hydrogen-bond donors (Lipinski definition) is 1. The Labute approximate surface area is 176 Å². The van der Waals surface area contributed by atoms with Crippen molar-refractivity contribution in [3.05, 3.63) is 64.7 Å². The maximum absolute atomic E-state index is 6.00. The van der Waals surface area contributed by atoms with Crippen LogP contribution in [-0.2, 0) is 0 Å². The molecule has 0 heterocycles. The van der Waals surface area contributed by atoms with Gasteiger partial charge in [0.05, 0.1) is 6.10 Å². The Hall–Kier alpha value is -1.51. The SMILES string of the molecule is CC(C)CC[C@@H](CCN[C@@H](C)c1ccc(Cl)cc1)c1ccc(OC(C)C)cc1. The normalized spacial score (nSPS) is 13.7. The molecule has 154 valence electrons. The first-order chi connectivity index (χ1) is 13.3. The zero-order valence-corrected chi connectivity index (χ0v) is 18.8. The van der Waals surface area contributed by atoms with Crippen molar-refractivity contribution in [2.75, 3.05) is 6.54 Å². The van der Waals surface area contributed by atoms with E-state index in [1.807, 2.05) is 12.1 Å². The smallest absolute Gasteiger partial charge is 0.119 e. The molecule has 0 bridgehead atoms. The minimum Gasteiger partial charge on any atom is -0.491 e. The van der Waals surface area contributed by atoms with Crippen molar-refractivity contribution in [3.63, 3.8) is 0 Å². The van der Waals surface area contributed by atoms with Crippen molar-refractivity contribution in [2.24, 2.45) is 5.92 Å². The summed E-state index contributed by atoms with van der Waals surface area (Å²) in [6.45, 7) is 11.9. The van der Waals surface area contributed by atoms with Gasteiger partial charge in [-0.05, 0) is 87.4 Å². The fourth-order valence-electron chi connectivity index (χ4n) is 3.45. The highest BCUT2D eigenvalue weighted by molar-refractivity contribution is 6.30. The van der Waals surface area contributed by atoms with Gasteiger partial charge in [0.1, 0.15) is 5.75 Å². The monoisotopic (exact) mass is 401 g/mol. The number of ether oxygens (including phenoxy) is 1. The van der Waals surface area contributed by atoms with Gasteiger partial charge in [0.2, 0.25) is 0 Å². The van der Waals surface area contributed by atoms with Crippen LogP contribution >= 0.6 is 11.6 Å². The average molecular weight is 402 g/mol. The van der Waals surface area contributed by atoms with Crippen molar-refractivity contribution in [1.29, 1.82) is 0 Å². The molecule has 0 aromatic heterocycles. The first-order valence-corrected chi connectivity index (χ1v) is 11.0. The number of rotatable bonds is 11. The van der Waals surface area contributed by atoms with E-state index in [1.54, 1.807) is 0 Å². The second-order valence-electron chi connectivity index (χ2n) is 8.42. The summed E-state index contributed by atoms with van der Waals surface area (Å²) in [5, 5.41) is 4.46. The van der Waals surface area contributed by atoms with Crippen molar-refractivity contribution < 1.29 is 4.74 Å². The van der Waals surface area contributed by atoms with Gasteiger partial charge in [-0.25, -0.2) is 0 Å². The van der Waals surface area contributed by atoms with Gasteiger partial charge in [0.15, 0.2) is 0 Å². The van der Waals surface area contributed by atoms with Gasteiger partial charge < -0.3 is 10.1 Å². The molecule has 0 aliphatic heterocycles. The molecule has 0 saturated carbocycles. The van der Waals surface area contributed by atoms with Gasteiger partial charge in [-0.1, -0.05) is 56.1 Å². The van der Waals surface area contributed by atoms with Crippen LogP contribution in [-0.4, -0.2) is 12.6 Å². The van der Waals surface area contributed by atoms with Gasteiger partial charge in [-0.15, -0.1) is 0 Å². The van der Waals surface area contributed by atoms with Crippen LogP contribution in [0.5, 0.6) is 5.75 Å². The highest BCUT2D eigenvalue weighted by atomic mass is 35.5. The summed E-state index contributed by atoms with van der Waals surface area (Å²) < 4.78 is 5.80. The minimum absolute atomic E-state index is 0.209. The second-order valence-corrected chi connectivity index (χ2v) is 8.86. The standard InChI is InChI=1S/C25H36ClNO/c1-18(2)6-7-23(22-10-14-25(15-11-22)28-19(3)4)16-17-27-20(5)21-8-12-24(26)13-9-21/h8-15,18-20,23,27H,6-7,16-17H2,1-5H3/t20-,23-/m0/s1. The Kier molecular flexibility index (Phi) is 9.34. The van der Waals surface area contributed by atoms with E-state index in [2.05, 4.69) is 76.3 Å². The summed E-state index contributed by atoms with van der Waals surface area (Å²) >= 11 is 6.00. The Balaban J connectivity index is 1.95. The van der Waals surface area contributed by atoms with Crippen molar-refractivity contribution in [2.45, 2.75) is 71.9 Å². The molecular weight excluding hydrogens is 366 g/mol. The van der Waals surface area contributed by atoms with E-state index in [0.29, 0.717) is 12.0 Å². The molecule has 2 nitrogen and oxygen atoms in total. The third kappa shape index (κ3) is 7.85. The molecule has 3 heteroatoms. The summed E-state index contributed by atoms with van der Waals surface area (Å²) in [6, 6.07) is 17.2. The van der Waals surface area contributed by atoms with E-state index in [0.717, 1.165) is 29.7 Å². The lowest BCUT2D eigenvalue weighted by atomic mass is 9.88. The fourth-order valence-corrected chi connectivity index (χ4v) is 3.57. The van der Waals surface area contributed by atoms with Gasteiger partial charge in [0, 0.05) is 11.1 Å². The van der Waals surface area contributed by atoms with Crippen molar-refractivity contribution in [3.8, 4) is 5.75 Å². The maximum atomic E-state index is 6.00. The molecule has 0 aliphatic rings. The van der Waals surface area contributed by atoms with Crippen molar-refractivity contribution in [1.82, 2.24) is 5.32 Å². The van der Waals surface area contributed by atoms with E-state index in [9.17, 15) is 0 Å². The Bertz CT molecular complexity index is 679. The molecular formula is C25H36ClNO. The maximum Gasteiger partial charge on any atom is 0.119 e. The van der Waals surface area contributed by atoms with E-state index >= 15 is 0 Å². The van der Waals surface area contributed by atoms with E-state index in [-0.39, 0.29) is 6.10 Å². The van der Waals surface area contributed by atoms with Crippen LogP contribution in [0.4, 0.5) is 0 Å². The predicted molar refractivity (Wildman–Crippen MR) is 122 cm³/mol. The molecule has 2 rings (SSSR count). The summed E-state index contributed by atoms with van der Waals surface area (Å²) in [5.74, 6) is 2.25. The fraction of sp³-hybridized carbons (Fsp3) is 0.520. The van der Waals surface area contributed by atoms with E-state index in [4.69, 9.17) is 16.3 Å². The van der Waals surface area contributed by atoms with Gasteiger partial charge in [0.25, 0.3) is 0 Å². The van der Waals surface area contributed by atoms with Crippen LogP contribution in [0.15, 0.2) is 48.5 Å². The van der Waals surface area contributed by atoms with Crippen LogP contribution < -0.4 is 10.1 Å².